The predicted octanol–water partition coefficient (Wildman–Crippen LogP) is 0.962. The van der Waals surface area contributed by atoms with E-state index in [-0.39, 0.29) is 6.61 Å². The molecule has 0 bridgehead atoms. The number of hydrogen-bond donors (Lipinski definition) is 0. The van der Waals surface area contributed by atoms with E-state index in [0.29, 0.717) is 32.8 Å². The quantitative estimate of drug-likeness (QED) is 0.311. The fraction of sp³-hybridized carbons (Fsp3) is 0.800. The monoisotopic (exact) mass is 252 g/mol. The Bertz CT molecular complexity index is 260. The van der Waals surface area contributed by atoms with E-state index < -0.39 is 10.1 Å². The van der Waals surface area contributed by atoms with Gasteiger partial charge in [0.2, 0.25) is 0 Å². The van der Waals surface area contributed by atoms with Gasteiger partial charge >= 0.3 is 0 Å². The molecular formula is C10H20O5S. The molecule has 0 fully saturated rings. The van der Waals surface area contributed by atoms with Crippen LogP contribution < -0.4 is 0 Å². The summed E-state index contributed by atoms with van der Waals surface area (Å²) in [5.74, 6) is 0. The van der Waals surface area contributed by atoms with Gasteiger partial charge in [0.15, 0.2) is 0 Å². The van der Waals surface area contributed by atoms with E-state index in [1.807, 2.05) is 0 Å². The van der Waals surface area contributed by atoms with Crippen LogP contribution in [-0.4, -0.2) is 47.7 Å². The van der Waals surface area contributed by atoms with Crippen molar-refractivity contribution in [2.24, 2.45) is 0 Å². The highest BCUT2D eigenvalue weighted by atomic mass is 32.2. The minimum atomic E-state index is -3.32. The molecule has 0 spiro atoms. The standard InChI is InChI=1S/C10H20O5S/c1-3-6-13-7-4-8-14-9-5-10-15-16(2,11)12/h3H,1,4-10H2,2H3. The average Bonchev–Trinajstić information content (AvgIpc) is 2.19. The summed E-state index contributed by atoms with van der Waals surface area (Å²) < 4.78 is 36.1. The molecule has 0 aromatic carbocycles. The Morgan fingerprint density at radius 3 is 2.19 bits per heavy atom. The second-order valence-electron chi connectivity index (χ2n) is 3.21. The van der Waals surface area contributed by atoms with Crippen molar-refractivity contribution >= 4 is 10.1 Å². The Hall–Kier alpha value is -0.430. The van der Waals surface area contributed by atoms with Crippen LogP contribution in [0, 0.1) is 0 Å². The smallest absolute Gasteiger partial charge is 0.264 e. The summed E-state index contributed by atoms with van der Waals surface area (Å²) in [6.45, 7) is 6.01. The van der Waals surface area contributed by atoms with E-state index in [0.717, 1.165) is 12.7 Å². The topological polar surface area (TPSA) is 61.8 Å². The van der Waals surface area contributed by atoms with Crippen LogP contribution >= 0.6 is 0 Å². The fourth-order valence-electron chi connectivity index (χ4n) is 0.903. The van der Waals surface area contributed by atoms with Crippen molar-refractivity contribution in [3.8, 4) is 0 Å². The molecule has 0 aliphatic heterocycles. The Balaban J connectivity index is 3.07. The minimum absolute atomic E-state index is 0.172. The van der Waals surface area contributed by atoms with Crippen LogP contribution in [0.2, 0.25) is 0 Å². The first-order chi connectivity index (χ1) is 7.56. The van der Waals surface area contributed by atoms with Crippen LogP contribution in [-0.2, 0) is 23.8 Å². The lowest BCUT2D eigenvalue weighted by Gasteiger charge is -2.04. The molecule has 0 atom stereocenters. The molecule has 0 unspecified atom stereocenters. The third kappa shape index (κ3) is 13.6. The van der Waals surface area contributed by atoms with Crippen LogP contribution in [0.4, 0.5) is 0 Å². The molecule has 96 valence electrons. The molecule has 0 aliphatic carbocycles. The maximum absolute atomic E-state index is 10.6. The molecule has 0 saturated heterocycles. The molecule has 0 aromatic heterocycles. The lowest BCUT2D eigenvalue weighted by atomic mass is 10.4. The Morgan fingerprint density at radius 2 is 1.62 bits per heavy atom. The van der Waals surface area contributed by atoms with Crippen molar-refractivity contribution in [1.29, 1.82) is 0 Å². The molecular weight excluding hydrogens is 232 g/mol. The van der Waals surface area contributed by atoms with Crippen molar-refractivity contribution in [3.05, 3.63) is 12.7 Å². The molecule has 0 aliphatic rings. The zero-order valence-electron chi connectivity index (χ0n) is 9.68. The van der Waals surface area contributed by atoms with Crippen molar-refractivity contribution in [2.75, 3.05) is 39.3 Å². The third-order valence-electron chi connectivity index (χ3n) is 1.54. The first-order valence-electron chi connectivity index (χ1n) is 5.17. The summed E-state index contributed by atoms with van der Waals surface area (Å²) >= 11 is 0. The fourth-order valence-corrected chi connectivity index (χ4v) is 1.32. The second-order valence-corrected chi connectivity index (χ2v) is 4.85. The van der Waals surface area contributed by atoms with Gasteiger partial charge in [0.25, 0.3) is 10.1 Å². The van der Waals surface area contributed by atoms with Gasteiger partial charge in [0.1, 0.15) is 0 Å². The van der Waals surface area contributed by atoms with Crippen LogP contribution in [0.25, 0.3) is 0 Å². The minimum Gasteiger partial charge on any atom is -0.381 e. The lowest BCUT2D eigenvalue weighted by Crippen LogP contribution is -2.07. The largest absolute Gasteiger partial charge is 0.381 e. The molecule has 0 heterocycles. The van der Waals surface area contributed by atoms with Crippen molar-refractivity contribution in [3.63, 3.8) is 0 Å². The maximum Gasteiger partial charge on any atom is 0.264 e. The highest BCUT2D eigenvalue weighted by molar-refractivity contribution is 7.85. The summed E-state index contributed by atoms with van der Waals surface area (Å²) in [7, 11) is -3.32. The van der Waals surface area contributed by atoms with Gasteiger partial charge < -0.3 is 9.47 Å². The van der Waals surface area contributed by atoms with Crippen LogP contribution in [0.1, 0.15) is 12.8 Å². The first-order valence-corrected chi connectivity index (χ1v) is 6.98. The Kier molecular flexibility index (Phi) is 9.51. The van der Waals surface area contributed by atoms with Crippen molar-refractivity contribution < 1.29 is 22.1 Å². The Morgan fingerprint density at radius 1 is 1.06 bits per heavy atom. The summed E-state index contributed by atoms with van der Waals surface area (Å²) in [6.07, 6.45) is 4.12. The lowest BCUT2D eigenvalue weighted by molar-refractivity contribution is 0.0867. The normalized spacial score (nSPS) is 11.6. The first kappa shape index (κ1) is 15.6. The third-order valence-corrected chi connectivity index (χ3v) is 2.14. The Labute approximate surface area is 97.5 Å². The van der Waals surface area contributed by atoms with Gasteiger partial charge in [-0.2, -0.15) is 8.42 Å². The second kappa shape index (κ2) is 9.77. The van der Waals surface area contributed by atoms with Crippen LogP contribution in [0.15, 0.2) is 12.7 Å². The molecule has 16 heavy (non-hydrogen) atoms. The molecule has 5 nitrogen and oxygen atoms in total. The van der Waals surface area contributed by atoms with Gasteiger partial charge in [-0.25, -0.2) is 0 Å². The summed E-state index contributed by atoms with van der Waals surface area (Å²) in [5, 5.41) is 0. The van der Waals surface area contributed by atoms with Gasteiger partial charge in [0, 0.05) is 19.8 Å². The summed E-state index contributed by atoms with van der Waals surface area (Å²) in [5.41, 5.74) is 0. The molecule has 0 saturated carbocycles. The van der Waals surface area contributed by atoms with Crippen molar-refractivity contribution in [2.45, 2.75) is 12.8 Å². The van der Waals surface area contributed by atoms with Crippen LogP contribution in [0.5, 0.6) is 0 Å². The predicted molar refractivity (Wildman–Crippen MR) is 61.9 cm³/mol. The van der Waals surface area contributed by atoms with Gasteiger partial charge in [-0.05, 0) is 12.8 Å². The van der Waals surface area contributed by atoms with E-state index in [1.54, 1.807) is 6.08 Å². The van der Waals surface area contributed by atoms with Gasteiger partial charge in [-0.3, -0.25) is 4.18 Å². The summed E-state index contributed by atoms with van der Waals surface area (Å²) in [4.78, 5) is 0. The molecule has 6 heteroatoms. The average molecular weight is 252 g/mol. The van der Waals surface area contributed by atoms with Gasteiger partial charge in [-0.15, -0.1) is 6.58 Å². The van der Waals surface area contributed by atoms with E-state index >= 15 is 0 Å². The highest BCUT2D eigenvalue weighted by Crippen LogP contribution is 1.92. The maximum atomic E-state index is 10.6. The highest BCUT2D eigenvalue weighted by Gasteiger charge is 2.00. The zero-order valence-corrected chi connectivity index (χ0v) is 10.5. The molecule has 0 N–H and O–H groups in total. The molecule has 0 aromatic rings. The number of hydrogen-bond acceptors (Lipinski definition) is 5. The number of ether oxygens (including phenoxy) is 2. The van der Waals surface area contributed by atoms with Gasteiger partial charge in [-0.1, -0.05) is 6.08 Å². The van der Waals surface area contributed by atoms with E-state index in [4.69, 9.17) is 9.47 Å². The zero-order chi connectivity index (χ0) is 12.3. The van der Waals surface area contributed by atoms with Gasteiger partial charge in [0.05, 0.1) is 19.5 Å². The van der Waals surface area contributed by atoms with E-state index in [9.17, 15) is 8.42 Å². The van der Waals surface area contributed by atoms with E-state index in [1.165, 1.54) is 0 Å². The SMILES string of the molecule is C=CCOCCCOCCCOS(C)(=O)=O. The van der Waals surface area contributed by atoms with Crippen molar-refractivity contribution in [1.82, 2.24) is 0 Å². The van der Waals surface area contributed by atoms with E-state index in [2.05, 4.69) is 10.8 Å². The molecule has 0 radical (unpaired) electrons. The van der Waals surface area contributed by atoms with Crippen LogP contribution in [0.3, 0.4) is 0 Å². The molecule has 0 amide bonds. The summed E-state index contributed by atoms with van der Waals surface area (Å²) in [6, 6.07) is 0. The number of rotatable bonds is 11. The molecule has 0 rings (SSSR count).